The molecule has 0 saturated carbocycles. The SMILES string of the molecule is Cc1cc(NS(=O)(=O)c2ccco2)ccc1Oc1ccncc1. The van der Waals surface area contributed by atoms with E-state index in [4.69, 9.17) is 9.15 Å². The minimum Gasteiger partial charge on any atom is -0.457 e. The number of sulfonamides is 1. The zero-order chi connectivity index (χ0) is 16.3. The van der Waals surface area contributed by atoms with E-state index < -0.39 is 10.0 Å². The molecule has 3 aromatic rings. The molecule has 0 fully saturated rings. The molecule has 6 nitrogen and oxygen atoms in total. The molecule has 0 unspecified atom stereocenters. The van der Waals surface area contributed by atoms with Gasteiger partial charge in [0.05, 0.1) is 6.26 Å². The predicted molar refractivity (Wildman–Crippen MR) is 85.0 cm³/mol. The summed E-state index contributed by atoms with van der Waals surface area (Å²) < 4.78 is 37.3. The van der Waals surface area contributed by atoms with Gasteiger partial charge in [-0.1, -0.05) is 0 Å². The number of hydrogen-bond acceptors (Lipinski definition) is 5. The van der Waals surface area contributed by atoms with Gasteiger partial charge in [-0.25, -0.2) is 0 Å². The van der Waals surface area contributed by atoms with Crippen molar-refractivity contribution in [2.45, 2.75) is 12.0 Å². The predicted octanol–water partition coefficient (Wildman–Crippen LogP) is 3.58. The van der Waals surface area contributed by atoms with E-state index in [1.54, 1.807) is 42.7 Å². The Morgan fingerprint density at radius 3 is 2.57 bits per heavy atom. The maximum atomic E-state index is 12.1. The molecule has 118 valence electrons. The van der Waals surface area contributed by atoms with Crippen molar-refractivity contribution in [1.29, 1.82) is 0 Å². The van der Waals surface area contributed by atoms with E-state index in [0.717, 1.165) is 5.56 Å². The summed E-state index contributed by atoms with van der Waals surface area (Å²) in [5.41, 5.74) is 1.22. The van der Waals surface area contributed by atoms with Crippen molar-refractivity contribution in [2.75, 3.05) is 4.72 Å². The van der Waals surface area contributed by atoms with Gasteiger partial charge in [-0.15, -0.1) is 0 Å². The third kappa shape index (κ3) is 3.51. The minimum atomic E-state index is -3.72. The van der Waals surface area contributed by atoms with Gasteiger partial charge in [-0.05, 0) is 55.0 Å². The molecule has 2 aromatic heterocycles. The first kappa shape index (κ1) is 15.1. The molecule has 1 N–H and O–H groups in total. The summed E-state index contributed by atoms with van der Waals surface area (Å²) in [5.74, 6) is 1.30. The first-order valence-corrected chi connectivity index (χ1v) is 8.28. The van der Waals surface area contributed by atoms with Gasteiger partial charge < -0.3 is 9.15 Å². The minimum absolute atomic E-state index is 0.132. The summed E-state index contributed by atoms with van der Waals surface area (Å²) in [6.45, 7) is 1.83. The molecular formula is C16H14N2O4S. The Bertz CT molecular complexity index is 891. The van der Waals surface area contributed by atoms with Gasteiger partial charge in [0.25, 0.3) is 10.0 Å². The summed E-state index contributed by atoms with van der Waals surface area (Å²) in [6, 6.07) is 11.4. The molecule has 0 aliphatic heterocycles. The van der Waals surface area contributed by atoms with Crippen molar-refractivity contribution in [3.05, 3.63) is 66.7 Å². The van der Waals surface area contributed by atoms with Gasteiger partial charge in [0.2, 0.25) is 5.09 Å². The average Bonchev–Trinajstić information content (AvgIpc) is 3.06. The molecule has 0 aliphatic rings. The van der Waals surface area contributed by atoms with E-state index in [1.165, 1.54) is 18.4 Å². The van der Waals surface area contributed by atoms with Crippen molar-refractivity contribution >= 4 is 15.7 Å². The molecule has 7 heteroatoms. The summed E-state index contributed by atoms with van der Waals surface area (Å²) in [5, 5.41) is -0.132. The number of nitrogens with zero attached hydrogens (tertiary/aromatic N) is 1. The van der Waals surface area contributed by atoms with Crippen molar-refractivity contribution in [2.24, 2.45) is 0 Å². The molecule has 0 saturated heterocycles. The smallest absolute Gasteiger partial charge is 0.295 e. The molecule has 0 spiro atoms. The van der Waals surface area contributed by atoms with Gasteiger partial charge >= 0.3 is 0 Å². The Morgan fingerprint density at radius 2 is 1.91 bits per heavy atom. The Balaban J connectivity index is 1.80. The topological polar surface area (TPSA) is 81.4 Å². The molecule has 0 amide bonds. The van der Waals surface area contributed by atoms with Crippen LogP contribution in [0.1, 0.15) is 5.56 Å². The van der Waals surface area contributed by atoms with Gasteiger partial charge in [-0.2, -0.15) is 8.42 Å². The van der Waals surface area contributed by atoms with E-state index in [0.29, 0.717) is 17.2 Å². The lowest BCUT2D eigenvalue weighted by Crippen LogP contribution is -2.12. The zero-order valence-corrected chi connectivity index (χ0v) is 13.1. The van der Waals surface area contributed by atoms with E-state index in [-0.39, 0.29) is 5.09 Å². The summed E-state index contributed by atoms with van der Waals surface area (Å²) >= 11 is 0. The molecule has 3 rings (SSSR count). The lowest BCUT2D eigenvalue weighted by atomic mass is 10.2. The van der Waals surface area contributed by atoms with E-state index >= 15 is 0 Å². The Hall–Kier alpha value is -2.80. The number of aryl methyl sites for hydroxylation is 1. The standard InChI is InChI=1S/C16H14N2O4S/c1-12-11-13(18-23(19,20)16-3-2-10-21-16)4-5-15(12)22-14-6-8-17-9-7-14/h2-11,18H,1H3. The fourth-order valence-corrected chi connectivity index (χ4v) is 2.96. The molecule has 0 bridgehead atoms. The van der Waals surface area contributed by atoms with Gasteiger partial charge in [0, 0.05) is 18.1 Å². The van der Waals surface area contributed by atoms with Crippen LogP contribution in [-0.2, 0) is 10.0 Å². The highest BCUT2D eigenvalue weighted by Gasteiger charge is 2.17. The Labute approximate surface area is 133 Å². The maximum Gasteiger partial charge on any atom is 0.295 e. The number of aromatic nitrogens is 1. The average molecular weight is 330 g/mol. The molecular weight excluding hydrogens is 316 g/mol. The van der Waals surface area contributed by atoms with Crippen LogP contribution in [0.4, 0.5) is 5.69 Å². The summed E-state index contributed by atoms with van der Waals surface area (Å²) in [6.07, 6.45) is 4.58. The van der Waals surface area contributed by atoms with Crippen LogP contribution in [0.2, 0.25) is 0 Å². The quantitative estimate of drug-likeness (QED) is 0.773. The highest BCUT2D eigenvalue weighted by molar-refractivity contribution is 7.92. The van der Waals surface area contributed by atoms with Crippen molar-refractivity contribution in [3.8, 4) is 11.5 Å². The van der Waals surface area contributed by atoms with Gasteiger partial charge in [0.15, 0.2) is 0 Å². The Kier molecular flexibility index (Phi) is 4.03. The van der Waals surface area contributed by atoms with Crippen molar-refractivity contribution in [1.82, 2.24) is 4.98 Å². The second kappa shape index (κ2) is 6.13. The highest BCUT2D eigenvalue weighted by atomic mass is 32.2. The fraction of sp³-hybridized carbons (Fsp3) is 0.0625. The van der Waals surface area contributed by atoms with Gasteiger partial charge in [-0.3, -0.25) is 9.71 Å². The van der Waals surface area contributed by atoms with Crippen LogP contribution in [0.25, 0.3) is 0 Å². The van der Waals surface area contributed by atoms with Crippen LogP contribution in [0.3, 0.4) is 0 Å². The van der Waals surface area contributed by atoms with Crippen LogP contribution in [0.15, 0.2) is 70.6 Å². The highest BCUT2D eigenvalue weighted by Crippen LogP contribution is 2.28. The first-order valence-electron chi connectivity index (χ1n) is 6.79. The Morgan fingerprint density at radius 1 is 1.13 bits per heavy atom. The van der Waals surface area contributed by atoms with Gasteiger partial charge in [0.1, 0.15) is 11.5 Å². The first-order chi connectivity index (χ1) is 11.0. The fourth-order valence-electron chi connectivity index (χ4n) is 1.98. The number of benzene rings is 1. The van der Waals surface area contributed by atoms with E-state index in [1.807, 2.05) is 6.92 Å². The maximum absolute atomic E-state index is 12.1. The zero-order valence-electron chi connectivity index (χ0n) is 12.3. The number of hydrogen-bond donors (Lipinski definition) is 1. The number of rotatable bonds is 5. The summed E-state index contributed by atoms with van der Waals surface area (Å²) in [7, 11) is -3.72. The van der Waals surface area contributed by atoms with Crippen LogP contribution in [0, 0.1) is 6.92 Å². The second-order valence-corrected chi connectivity index (χ2v) is 6.42. The lowest BCUT2D eigenvalue weighted by molar-refractivity contribution is 0.452. The van der Waals surface area contributed by atoms with Crippen molar-refractivity contribution in [3.63, 3.8) is 0 Å². The number of nitrogens with one attached hydrogen (secondary N) is 1. The lowest BCUT2D eigenvalue weighted by Gasteiger charge is -2.11. The van der Waals surface area contributed by atoms with Crippen LogP contribution in [-0.4, -0.2) is 13.4 Å². The van der Waals surface area contributed by atoms with E-state index in [9.17, 15) is 8.42 Å². The molecule has 0 atom stereocenters. The number of anilines is 1. The molecule has 0 radical (unpaired) electrons. The number of furan rings is 1. The summed E-state index contributed by atoms with van der Waals surface area (Å²) in [4.78, 5) is 3.92. The largest absolute Gasteiger partial charge is 0.457 e. The normalized spacial score (nSPS) is 11.2. The third-order valence-electron chi connectivity index (χ3n) is 3.06. The molecule has 1 aromatic carbocycles. The number of pyridine rings is 1. The molecule has 23 heavy (non-hydrogen) atoms. The van der Waals surface area contributed by atoms with Crippen LogP contribution < -0.4 is 9.46 Å². The second-order valence-electron chi connectivity index (χ2n) is 4.80. The van der Waals surface area contributed by atoms with E-state index in [2.05, 4.69) is 9.71 Å². The van der Waals surface area contributed by atoms with Crippen LogP contribution in [0.5, 0.6) is 11.5 Å². The number of ether oxygens (including phenoxy) is 1. The van der Waals surface area contributed by atoms with Crippen molar-refractivity contribution < 1.29 is 17.6 Å². The third-order valence-corrected chi connectivity index (χ3v) is 4.33. The molecule has 0 aliphatic carbocycles. The van der Waals surface area contributed by atoms with Crippen LogP contribution >= 0.6 is 0 Å². The monoisotopic (exact) mass is 330 g/mol. The molecule has 2 heterocycles.